The van der Waals surface area contributed by atoms with E-state index in [-0.39, 0.29) is 16.0 Å². The van der Waals surface area contributed by atoms with Crippen LogP contribution in [-0.4, -0.2) is 23.7 Å². The lowest BCUT2D eigenvalue weighted by Gasteiger charge is -2.60. The van der Waals surface area contributed by atoms with Crippen molar-refractivity contribution in [2.24, 2.45) is 11.3 Å². The molecule has 0 radical (unpaired) electrons. The molecule has 1 saturated carbocycles. The Hall–Kier alpha value is -1.14. The number of rotatable bonds is 3. The van der Waals surface area contributed by atoms with E-state index in [2.05, 4.69) is 35.1 Å². The zero-order chi connectivity index (χ0) is 15.2. The van der Waals surface area contributed by atoms with Gasteiger partial charge < -0.3 is 10.1 Å². The first kappa shape index (κ1) is 14.8. The number of nitrogens with zero attached hydrogens (tertiary/aromatic N) is 1. The number of nitrogens with one attached hydrogen (secondary N) is 1. The first-order chi connectivity index (χ1) is 9.91. The molecule has 1 heterocycles. The summed E-state index contributed by atoms with van der Waals surface area (Å²) in [4.78, 5) is 10.4. The van der Waals surface area contributed by atoms with Gasteiger partial charge in [0.15, 0.2) is 0 Å². The third-order valence-corrected chi connectivity index (χ3v) is 5.46. The van der Waals surface area contributed by atoms with E-state index < -0.39 is 0 Å². The molecule has 1 N–H and O–H groups in total. The first-order valence-electron chi connectivity index (χ1n) is 7.23. The van der Waals surface area contributed by atoms with Crippen molar-refractivity contribution in [2.75, 3.05) is 11.9 Å². The Morgan fingerprint density at radius 2 is 2.24 bits per heavy atom. The largest absolute Gasteiger partial charge is 0.380 e. The zero-order valence-corrected chi connectivity index (χ0v) is 13.7. The molecular weight excluding hydrogens is 336 g/mol. The molecule has 0 amide bonds. The molecule has 3 rings (SSSR count). The number of benzene rings is 1. The number of hydrogen-bond donors (Lipinski definition) is 1. The van der Waals surface area contributed by atoms with Crippen LogP contribution in [0.25, 0.3) is 0 Å². The average molecular weight is 355 g/mol. The lowest BCUT2D eigenvalue weighted by molar-refractivity contribution is -0.384. The highest BCUT2D eigenvalue weighted by molar-refractivity contribution is 9.10. The summed E-state index contributed by atoms with van der Waals surface area (Å²) in [5, 5.41) is 14.3. The van der Waals surface area contributed by atoms with E-state index in [9.17, 15) is 10.1 Å². The Kier molecular flexibility index (Phi) is 3.69. The van der Waals surface area contributed by atoms with E-state index in [4.69, 9.17) is 4.74 Å². The summed E-state index contributed by atoms with van der Waals surface area (Å²) in [5.74, 6) is 0.524. The monoisotopic (exact) mass is 354 g/mol. The summed E-state index contributed by atoms with van der Waals surface area (Å²) in [5.41, 5.74) is 1.08. The van der Waals surface area contributed by atoms with Gasteiger partial charge in [-0.2, -0.15) is 0 Å². The van der Waals surface area contributed by atoms with Crippen molar-refractivity contribution in [2.45, 2.75) is 38.8 Å². The summed E-state index contributed by atoms with van der Waals surface area (Å²) >= 11 is 3.42. The van der Waals surface area contributed by atoms with E-state index in [1.54, 1.807) is 12.1 Å². The molecule has 2 aliphatic rings. The van der Waals surface area contributed by atoms with Gasteiger partial charge in [-0.05, 0) is 34.8 Å². The molecule has 114 valence electrons. The van der Waals surface area contributed by atoms with Crippen LogP contribution in [-0.2, 0) is 4.74 Å². The van der Waals surface area contributed by atoms with Crippen LogP contribution in [0.5, 0.6) is 0 Å². The van der Waals surface area contributed by atoms with Crippen molar-refractivity contribution in [3.8, 4) is 0 Å². The molecule has 1 aliphatic carbocycles. The summed E-state index contributed by atoms with van der Waals surface area (Å²) in [7, 11) is 0. The predicted molar refractivity (Wildman–Crippen MR) is 84.5 cm³/mol. The molecule has 21 heavy (non-hydrogen) atoms. The van der Waals surface area contributed by atoms with Crippen LogP contribution in [0, 0.1) is 21.4 Å². The lowest BCUT2D eigenvalue weighted by Crippen LogP contribution is -2.67. The molecule has 5 nitrogen and oxygen atoms in total. The first-order valence-corrected chi connectivity index (χ1v) is 8.02. The van der Waals surface area contributed by atoms with Crippen molar-refractivity contribution in [3.63, 3.8) is 0 Å². The molecule has 2 fully saturated rings. The Balaban J connectivity index is 1.79. The molecule has 3 unspecified atom stereocenters. The number of anilines is 1. The summed E-state index contributed by atoms with van der Waals surface area (Å²) in [6.45, 7) is 5.30. The standard InChI is InChI=1S/C15H19BrN2O3/c1-15(2)13(10-4-3-7-21-14(10)15)17-12-6-5-9(18(19)20)8-11(12)16/h5-6,8,10,13-14,17H,3-4,7H2,1-2H3. The van der Waals surface area contributed by atoms with Crippen molar-refractivity contribution in [1.29, 1.82) is 0 Å². The van der Waals surface area contributed by atoms with Gasteiger partial charge >= 0.3 is 0 Å². The summed E-state index contributed by atoms with van der Waals surface area (Å²) in [6.07, 6.45) is 2.60. The summed E-state index contributed by atoms with van der Waals surface area (Å²) < 4.78 is 6.63. The minimum Gasteiger partial charge on any atom is -0.380 e. The number of nitro benzene ring substituents is 1. The van der Waals surface area contributed by atoms with Crippen LogP contribution in [0.1, 0.15) is 26.7 Å². The molecule has 1 saturated heterocycles. The van der Waals surface area contributed by atoms with Crippen molar-refractivity contribution in [1.82, 2.24) is 0 Å². The number of fused-ring (bicyclic) bond motifs is 1. The van der Waals surface area contributed by atoms with Crippen molar-refractivity contribution >= 4 is 27.3 Å². The predicted octanol–water partition coefficient (Wildman–Crippen LogP) is 3.97. The fourth-order valence-electron chi connectivity index (χ4n) is 3.72. The highest BCUT2D eigenvalue weighted by Crippen LogP contribution is 2.52. The third kappa shape index (κ3) is 2.44. The maximum absolute atomic E-state index is 10.8. The zero-order valence-electron chi connectivity index (χ0n) is 12.1. The minimum atomic E-state index is -0.382. The second-order valence-corrected chi connectivity index (χ2v) is 7.32. The molecule has 1 aromatic rings. The molecule has 1 aliphatic heterocycles. The van der Waals surface area contributed by atoms with E-state index in [0.717, 1.165) is 23.2 Å². The van der Waals surface area contributed by atoms with Gasteiger partial charge in [0.25, 0.3) is 5.69 Å². The number of halogens is 1. The second kappa shape index (κ2) is 5.25. The van der Waals surface area contributed by atoms with Gasteiger partial charge in [0.2, 0.25) is 0 Å². The third-order valence-electron chi connectivity index (χ3n) is 4.81. The van der Waals surface area contributed by atoms with Gasteiger partial charge in [-0.1, -0.05) is 13.8 Å². The molecule has 0 aromatic heterocycles. The van der Waals surface area contributed by atoms with Crippen molar-refractivity contribution < 1.29 is 9.66 Å². The molecule has 6 heteroatoms. The van der Waals surface area contributed by atoms with E-state index in [1.165, 1.54) is 12.5 Å². The van der Waals surface area contributed by atoms with Crippen LogP contribution < -0.4 is 5.32 Å². The van der Waals surface area contributed by atoms with E-state index >= 15 is 0 Å². The van der Waals surface area contributed by atoms with Gasteiger partial charge in [-0.15, -0.1) is 0 Å². The van der Waals surface area contributed by atoms with Crippen LogP contribution >= 0.6 is 15.9 Å². The SMILES string of the molecule is CC1(C)C(Nc2ccc([N+](=O)[O-])cc2Br)C2CCCOC21. The quantitative estimate of drug-likeness (QED) is 0.658. The molecular formula is C15H19BrN2O3. The Morgan fingerprint density at radius 1 is 1.48 bits per heavy atom. The van der Waals surface area contributed by atoms with Crippen LogP contribution in [0.15, 0.2) is 22.7 Å². The van der Waals surface area contributed by atoms with E-state index in [0.29, 0.717) is 18.1 Å². The highest BCUT2D eigenvalue weighted by atomic mass is 79.9. The Bertz CT molecular complexity index is 576. The maximum atomic E-state index is 10.8. The van der Waals surface area contributed by atoms with Gasteiger partial charge in [-0.25, -0.2) is 0 Å². The van der Waals surface area contributed by atoms with Gasteiger partial charge in [0.1, 0.15) is 0 Å². The normalized spacial score (nSPS) is 30.1. The highest BCUT2D eigenvalue weighted by Gasteiger charge is 2.57. The van der Waals surface area contributed by atoms with E-state index in [1.807, 2.05) is 0 Å². The van der Waals surface area contributed by atoms with Gasteiger partial charge in [-0.3, -0.25) is 10.1 Å². The number of non-ortho nitro benzene ring substituents is 1. The number of nitro groups is 1. The fourth-order valence-corrected chi connectivity index (χ4v) is 4.20. The molecule has 0 bridgehead atoms. The van der Waals surface area contributed by atoms with Gasteiger partial charge in [0, 0.05) is 46.3 Å². The maximum Gasteiger partial charge on any atom is 0.270 e. The van der Waals surface area contributed by atoms with Crippen molar-refractivity contribution in [3.05, 3.63) is 32.8 Å². The molecule has 1 aromatic carbocycles. The Labute approximate surface area is 132 Å². The average Bonchev–Trinajstić information content (AvgIpc) is 2.45. The molecule has 3 atom stereocenters. The number of ether oxygens (including phenoxy) is 1. The van der Waals surface area contributed by atoms with Crippen LogP contribution in [0.2, 0.25) is 0 Å². The van der Waals surface area contributed by atoms with Crippen LogP contribution in [0.4, 0.5) is 11.4 Å². The van der Waals surface area contributed by atoms with Gasteiger partial charge in [0.05, 0.1) is 11.0 Å². The lowest BCUT2D eigenvalue weighted by atomic mass is 9.55. The van der Waals surface area contributed by atoms with Crippen LogP contribution in [0.3, 0.4) is 0 Å². The summed E-state index contributed by atoms with van der Waals surface area (Å²) in [6, 6.07) is 5.19. The molecule has 0 spiro atoms. The minimum absolute atomic E-state index is 0.0757. The topological polar surface area (TPSA) is 64.4 Å². The number of hydrogen-bond acceptors (Lipinski definition) is 4. The second-order valence-electron chi connectivity index (χ2n) is 6.46. The Morgan fingerprint density at radius 3 is 2.90 bits per heavy atom. The smallest absolute Gasteiger partial charge is 0.270 e. The fraction of sp³-hybridized carbons (Fsp3) is 0.600.